The first kappa shape index (κ1) is 11.5. The maximum Gasteiger partial charge on any atom is 0.477 e. The van der Waals surface area contributed by atoms with Crippen molar-refractivity contribution in [3.63, 3.8) is 0 Å². The lowest BCUT2D eigenvalue weighted by Crippen LogP contribution is -2.05. The Kier molecular flexibility index (Phi) is 3.21. The molecule has 0 spiro atoms. The molecule has 1 aromatic heterocycles. The van der Waals surface area contributed by atoms with E-state index in [1.54, 1.807) is 0 Å². The highest BCUT2D eigenvalue weighted by atomic mass is 31.3. The first-order valence-electron chi connectivity index (χ1n) is 3.31. The molecule has 0 radical (unpaired) electrons. The molecule has 0 saturated heterocycles. The minimum absolute atomic E-state index is 0.226. The van der Waals surface area contributed by atoms with Gasteiger partial charge in [0.05, 0.1) is 5.30 Å². The van der Waals surface area contributed by atoms with Crippen molar-refractivity contribution in [2.75, 3.05) is 0 Å². The molecule has 7 nitrogen and oxygen atoms in total. The fourth-order valence-corrected chi connectivity index (χ4v) is 2.76. The van der Waals surface area contributed by atoms with Crippen molar-refractivity contribution in [2.45, 2.75) is 0 Å². The van der Waals surface area contributed by atoms with Gasteiger partial charge in [-0.1, -0.05) is 0 Å². The smallest absolute Gasteiger partial charge is 0.321 e. The predicted octanol–water partition coefficient (Wildman–Crippen LogP) is 0.00160. The van der Waals surface area contributed by atoms with E-state index in [4.69, 9.17) is 14.7 Å². The van der Waals surface area contributed by atoms with Gasteiger partial charge >= 0.3 is 15.4 Å². The van der Waals surface area contributed by atoms with Crippen LogP contribution in [0.3, 0.4) is 0 Å². The molecule has 14 heavy (non-hydrogen) atoms. The van der Waals surface area contributed by atoms with Crippen LogP contribution < -0.4 is 5.30 Å². The summed E-state index contributed by atoms with van der Waals surface area (Å²) in [5.74, 6) is 0. The molecule has 1 heterocycles. The second-order valence-corrected chi connectivity index (χ2v) is 5.49. The molecule has 1 rings (SSSR count). The van der Waals surface area contributed by atoms with Gasteiger partial charge in [-0.3, -0.25) is 9.55 Å². The van der Waals surface area contributed by atoms with E-state index in [0.29, 0.717) is 0 Å². The second kappa shape index (κ2) is 3.90. The molecule has 0 aromatic carbocycles. The lowest BCUT2D eigenvalue weighted by molar-refractivity contribution is 0.268. The zero-order valence-electron chi connectivity index (χ0n) is 6.72. The molecule has 78 valence electrons. The van der Waals surface area contributed by atoms with Crippen LogP contribution in [-0.2, 0) is 13.4 Å². The molecule has 1 unspecified atom stereocenters. The van der Waals surface area contributed by atoms with Crippen LogP contribution in [-0.4, -0.2) is 19.7 Å². The van der Waals surface area contributed by atoms with Gasteiger partial charge in [-0.2, -0.15) is 0 Å². The summed E-state index contributed by atoms with van der Waals surface area (Å²) < 4.78 is 25.4. The summed E-state index contributed by atoms with van der Waals surface area (Å²) in [5.41, 5.74) is 0. The number of hydrogen-bond acceptors (Lipinski definition) is 4. The van der Waals surface area contributed by atoms with Gasteiger partial charge in [-0.25, -0.2) is 8.88 Å². The normalized spacial score (nSPS) is 16.2. The molecule has 0 amide bonds. The largest absolute Gasteiger partial charge is 0.477 e. The van der Waals surface area contributed by atoms with Gasteiger partial charge in [0.2, 0.25) is 0 Å². The number of pyridine rings is 1. The SMILES string of the molecule is O=P(O)(O)OP(=O)(O)c1ccncc1. The zero-order chi connectivity index (χ0) is 10.8. The van der Waals surface area contributed by atoms with E-state index in [0.717, 1.165) is 12.1 Å². The molecule has 3 N–H and O–H groups in total. The number of rotatable bonds is 3. The van der Waals surface area contributed by atoms with Gasteiger partial charge in [0.15, 0.2) is 0 Å². The number of hydrogen-bond donors (Lipinski definition) is 3. The van der Waals surface area contributed by atoms with Crippen LogP contribution in [0, 0.1) is 0 Å². The van der Waals surface area contributed by atoms with Gasteiger partial charge in [0.25, 0.3) is 0 Å². The Hall–Kier alpha value is -0.550. The van der Waals surface area contributed by atoms with E-state index in [-0.39, 0.29) is 5.30 Å². The minimum Gasteiger partial charge on any atom is -0.321 e. The molecule has 0 aliphatic carbocycles. The van der Waals surface area contributed by atoms with E-state index < -0.39 is 15.4 Å². The fourth-order valence-electron chi connectivity index (χ4n) is 0.724. The number of nitrogens with zero attached hydrogens (tertiary/aromatic N) is 1. The van der Waals surface area contributed by atoms with Gasteiger partial charge in [-0.05, 0) is 12.1 Å². The summed E-state index contributed by atoms with van der Waals surface area (Å²) in [6.07, 6.45) is 2.42. The van der Waals surface area contributed by atoms with Gasteiger partial charge < -0.3 is 14.7 Å². The van der Waals surface area contributed by atoms with Crippen molar-refractivity contribution in [2.24, 2.45) is 0 Å². The van der Waals surface area contributed by atoms with E-state index in [1.165, 1.54) is 12.4 Å². The molecule has 0 bridgehead atoms. The van der Waals surface area contributed by atoms with Crippen molar-refractivity contribution in [1.29, 1.82) is 0 Å². The Labute approximate surface area is 79.2 Å². The van der Waals surface area contributed by atoms with Crippen molar-refractivity contribution < 1.29 is 28.1 Å². The molecule has 1 atom stereocenters. The monoisotopic (exact) mass is 239 g/mol. The third-order valence-electron chi connectivity index (χ3n) is 1.21. The fraction of sp³-hybridized carbons (Fsp3) is 0. The van der Waals surface area contributed by atoms with Crippen LogP contribution in [0.15, 0.2) is 24.5 Å². The third kappa shape index (κ3) is 3.31. The van der Waals surface area contributed by atoms with E-state index in [2.05, 4.69) is 9.29 Å². The molecule has 0 saturated carbocycles. The number of phosphoric acid groups is 1. The summed E-state index contributed by atoms with van der Waals surface area (Å²) in [6.45, 7) is 0. The zero-order valence-corrected chi connectivity index (χ0v) is 8.51. The average Bonchev–Trinajstić information content (AvgIpc) is 2.01. The van der Waals surface area contributed by atoms with Crippen LogP contribution in [0.5, 0.6) is 0 Å². The standard InChI is InChI=1S/C5H7NO6P2/c7-13(8,12-14(9,10)11)5-1-3-6-4-2-5/h1-4H,(H,7,8)(H2,9,10,11). The highest BCUT2D eigenvalue weighted by molar-refractivity contribution is 7.69. The van der Waals surface area contributed by atoms with Crippen molar-refractivity contribution in [1.82, 2.24) is 4.98 Å². The minimum atomic E-state index is -4.99. The van der Waals surface area contributed by atoms with Crippen molar-refractivity contribution in [3.8, 4) is 0 Å². The molecule has 0 aliphatic rings. The van der Waals surface area contributed by atoms with E-state index in [9.17, 15) is 9.13 Å². The third-order valence-corrected chi connectivity index (χ3v) is 3.89. The van der Waals surface area contributed by atoms with Gasteiger partial charge in [0, 0.05) is 12.4 Å². The molecule has 0 aliphatic heterocycles. The molecule has 1 aromatic rings. The molecular weight excluding hydrogens is 232 g/mol. The number of aromatic nitrogens is 1. The highest BCUT2D eigenvalue weighted by Gasteiger charge is 2.32. The first-order valence-corrected chi connectivity index (χ1v) is 6.42. The van der Waals surface area contributed by atoms with Crippen LogP contribution in [0.2, 0.25) is 0 Å². The topological polar surface area (TPSA) is 117 Å². The van der Waals surface area contributed by atoms with Crippen LogP contribution in [0.4, 0.5) is 0 Å². The summed E-state index contributed by atoms with van der Waals surface area (Å²) in [6, 6.07) is 2.27. The predicted molar refractivity (Wildman–Crippen MR) is 46.8 cm³/mol. The summed E-state index contributed by atoms with van der Waals surface area (Å²) in [7, 11) is -9.46. The Morgan fingerprint density at radius 2 is 1.64 bits per heavy atom. The molecular formula is C5H7NO6P2. The Morgan fingerprint density at radius 3 is 2.07 bits per heavy atom. The molecule has 0 fully saturated rings. The summed E-state index contributed by atoms with van der Waals surface area (Å²) >= 11 is 0. The first-order chi connectivity index (χ1) is 6.31. The summed E-state index contributed by atoms with van der Waals surface area (Å²) in [4.78, 5) is 29.4. The Bertz CT molecular complexity index is 400. The van der Waals surface area contributed by atoms with Crippen LogP contribution in [0.1, 0.15) is 0 Å². The summed E-state index contributed by atoms with van der Waals surface area (Å²) in [5, 5.41) is -0.226. The van der Waals surface area contributed by atoms with Crippen molar-refractivity contribution >= 4 is 20.7 Å². The van der Waals surface area contributed by atoms with Gasteiger partial charge in [0.1, 0.15) is 0 Å². The van der Waals surface area contributed by atoms with E-state index in [1.807, 2.05) is 0 Å². The lowest BCUT2D eigenvalue weighted by Gasteiger charge is -2.11. The van der Waals surface area contributed by atoms with Crippen molar-refractivity contribution in [3.05, 3.63) is 24.5 Å². The maximum atomic E-state index is 11.2. The van der Waals surface area contributed by atoms with E-state index >= 15 is 0 Å². The maximum absolute atomic E-state index is 11.2. The highest BCUT2D eigenvalue weighted by Crippen LogP contribution is 2.55. The van der Waals surface area contributed by atoms with Gasteiger partial charge in [-0.15, -0.1) is 0 Å². The lowest BCUT2D eigenvalue weighted by atomic mass is 10.5. The Morgan fingerprint density at radius 1 is 1.14 bits per heavy atom. The van der Waals surface area contributed by atoms with Crippen LogP contribution in [0.25, 0.3) is 0 Å². The quantitative estimate of drug-likeness (QED) is 0.635. The average molecular weight is 239 g/mol. The Balaban J connectivity index is 2.98. The molecule has 9 heteroatoms. The van der Waals surface area contributed by atoms with Crippen LogP contribution >= 0.6 is 15.4 Å². The second-order valence-electron chi connectivity index (χ2n) is 2.30.